The summed E-state index contributed by atoms with van der Waals surface area (Å²) in [4.78, 5) is 32.2. The molecule has 1 fully saturated rings. The fourth-order valence-corrected chi connectivity index (χ4v) is 2.96. The second-order valence-electron chi connectivity index (χ2n) is 7.18. The number of hydrogen-bond donors (Lipinski definition) is 3. The van der Waals surface area contributed by atoms with Crippen LogP contribution in [0.5, 0.6) is 5.75 Å². The number of aromatic nitrogens is 2. The van der Waals surface area contributed by atoms with Crippen LogP contribution in [0.1, 0.15) is 18.4 Å². The van der Waals surface area contributed by atoms with E-state index in [4.69, 9.17) is 4.74 Å². The van der Waals surface area contributed by atoms with Crippen LogP contribution in [-0.2, 0) is 11.3 Å². The molecule has 1 saturated carbocycles. The summed E-state index contributed by atoms with van der Waals surface area (Å²) >= 11 is 0. The van der Waals surface area contributed by atoms with Crippen molar-refractivity contribution in [3.8, 4) is 5.75 Å². The molecular weight excluding hydrogens is 401 g/mol. The van der Waals surface area contributed by atoms with Gasteiger partial charge in [0, 0.05) is 17.9 Å². The molecule has 2 amide bonds. The zero-order chi connectivity index (χ0) is 21.7. The maximum absolute atomic E-state index is 13.0. The summed E-state index contributed by atoms with van der Waals surface area (Å²) < 4.78 is 18.1. The minimum Gasteiger partial charge on any atom is -0.407 e. The van der Waals surface area contributed by atoms with E-state index in [1.165, 1.54) is 30.9 Å². The van der Waals surface area contributed by atoms with Gasteiger partial charge in [0.25, 0.3) is 0 Å². The molecule has 8 nitrogen and oxygen atoms in total. The van der Waals surface area contributed by atoms with Crippen LogP contribution in [0.3, 0.4) is 0 Å². The number of nitrogens with one attached hydrogen (secondary N) is 3. The van der Waals surface area contributed by atoms with Crippen LogP contribution >= 0.6 is 0 Å². The Morgan fingerprint density at radius 1 is 0.968 bits per heavy atom. The van der Waals surface area contributed by atoms with Crippen molar-refractivity contribution in [3.05, 3.63) is 78.6 Å². The van der Waals surface area contributed by atoms with Crippen molar-refractivity contribution in [3.63, 3.8) is 0 Å². The lowest BCUT2D eigenvalue weighted by atomic mass is 10.2. The molecule has 3 aromatic rings. The van der Waals surface area contributed by atoms with Crippen molar-refractivity contribution >= 4 is 23.4 Å². The zero-order valence-corrected chi connectivity index (χ0v) is 16.5. The van der Waals surface area contributed by atoms with E-state index < -0.39 is 11.6 Å². The predicted octanol–water partition coefficient (Wildman–Crippen LogP) is 3.30. The fourth-order valence-electron chi connectivity index (χ4n) is 2.96. The Bertz CT molecular complexity index is 1050. The van der Waals surface area contributed by atoms with E-state index in [1.807, 2.05) is 24.3 Å². The summed E-state index contributed by atoms with van der Waals surface area (Å²) in [6.07, 6.45) is 4.41. The second kappa shape index (κ2) is 8.78. The normalized spacial score (nSPS) is 13.7. The van der Waals surface area contributed by atoms with Gasteiger partial charge >= 0.3 is 6.09 Å². The van der Waals surface area contributed by atoms with Crippen molar-refractivity contribution in [2.45, 2.75) is 24.9 Å². The van der Waals surface area contributed by atoms with Gasteiger partial charge in [-0.2, -0.15) is 0 Å². The minimum absolute atomic E-state index is 0.200. The highest BCUT2D eigenvalue weighted by Gasteiger charge is 2.51. The van der Waals surface area contributed by atoms with E-state index in [9.17, 15) is 14.0 Å². The lowest BCUT2D eigenvalue weighted by molar-refractivity contribution is -0.124. The number of rotatable bonds is 7. The molecule has 31 heavy (non-hydrogen) atoms. The first-order valence-electron chi connectivity index (χ1n) is 9.67. The number of carbonyl (C=O) groups excluding carboxylic acids is 2. The number of benzene rings is 2. The smallest absolute Gasteiger partial charge is 0.407 e. The van der Waals surface area contributed by atoms with E-state index in [1.54, 1.807) is 12.1 Å². The molecular formula is C22H20FN5O3. The number of hydrogen-bond acceptors (Lipinski definition) is 6. The van der Waals surface area contributed by atoms with Gasteiger partial charge in [0.15, 0.2) is 5.75 Å². The molecule has 1 heterocycles. The van der Waals surface area contributed by atoms with Gasteiger partial charge in [0.2, 0.25) is 5.91 Å². The molecule has 0 radical (unpaired) electrons. The molecule has 1 aliphatic carbocycles. The number of carbonyl (C=O) groups is 2. The molecule has 4 rings (SSSR count). The molecule has 0 spiro atoms. The predicted molar refractivity (Wildman–Crippen MR) is 111 cm³/mol. The highest BCUT2D eigenvalue weighted by Crippen LogP contribution is 2.35. The zero-order valence-electron chi connectivity index (χ0n) is 16.5. The second-order valence-corrected chi connectivity index (χ2v) is 7.18. The molecule has 3 N–H and O–H groups in total. The highest BCUT2D eigenvalue weighted by atomic mass is 19.1. The number of anilines is 2. The minimum atomic E-state index is -0.948. The number of nitrogens with zero attached hydrogens (tertiary/aromatic N) is 2. The van der Waals surface area contributed by atoms with Crippen LogP contribution < -0.4 is 20.7 Å². The van der Waals surface area contributed by atoms with Gasteiger partial charge in [-0.15, -0.1) is 0 Å². The summed E-state index contributed by atoms with van der Waals surface area (Å²) in [6.45, 7) is 0.320. The topological polar surface area (TPSA) is 105 Å². The van der Waals surface area contributed by atoms with E-state index in [0.29, 0.717) is 19.4 Å². The monoisotopic (exact) mass is 421 g/mol. The van der Waals surface area contributed by atoms with Gasteiger partial charge in [-0.1, -0.05) is 12.1 Å². The van der Waals surface area contributed by atoms with Crippen molar-refractivity contribution in [1.29, 1.82) is 0 Å². The van der Waals surface area contributed by atoms with Crippen molar-refractivity contribution in [1.82, 2.24) is 20.6 Å². The molecule has 9 heteroatoms. The van der Waals surface area contributed by atoms with E-state index in [-0.39, 0.29) is 17.5 Å². The summed E-state index contributed by atoms with van der Waals surface area (Å²) in [7, 11) is 0. The fraction of sp³-hybridized carbons (Fsp3) is 0.182. The first kappa shape index (κ1) is 20.3. The van der Waals surface area contributed by atoms with Crippen molar-refractivity contribution in [2.24, 2.45) is 0 Å². The van der Waals surface area contributed by atoms with Crippen molar-refractivity contribution in [2.75, 3.05) is 5.32 Å². The molecule has 0 bridgehead atoms. The number of halogens is 1. The molecule has 0 atom stereocenters. The van der Waals surface area contributed by atoms with Crippen molar-refractivity contribution < 1.29 is 18.7 Å². The molecule has 158 valence electrons. The summed E-state index contributed by atoms with van der Waals surface area (Å²) in [5, 5.41) is 8.65. The Labute approximate surface area is 177 Å². The Kier molecular flexibility index (Phi) is 5.74. The van der Waals surface area contributed by atoms with Gasteiger partial charge in [-0.25, -0.2) is 19.2 Å². The standard InChI is InChI=1S/C22H20FN5O3/c23-16-3-7-18(8-4-16)27-17-5-1-15(2-6-17)11-26-20(29)22(9-10-22)28-21(30)31-19-12-24-14-25-13-19/h1-8,12-14,27H,9-11H2,(H,26,29)(H,28,30). The molecule has 1 aromatic heterocycles. The van der Waals surface area contributed by atoms with E-state index in [2.05, 4.69) is 25.9 Å². The van der Waals surface area contributed by atoms with Crippen LogP contribution in [0.15, 0.2) is 67.3 Å². The van der Waals surface area contributed by atoms with E-state index >= 15 is 0 Å². The van der Waals surface area contributed by atoms with Gasteiger partial charge in [-0.3, -0.25) is 4.79 Å². The largest absolute Gasteiger partial charge is 0.413 e. The summed E-state index contributed by atoms with van der Waals surface area (Å²) in [5.41, 5.74) is 1.57. The van der Waals surface area contributed by atoms with Crippen LogP contribution in [-0.4, -0.2) is 27.5 Å². The van der Waals surface area contributed by atoms with Gasteiger partial charge in [-0.05, 0) is 54.8 Å². The summed E-state index contributed by atoms with van der Waals surface area (Å²) in [6, 6.07) is 13.6. The molecule has 1 aliphatic rings. The highest BCUT2D eigenvalue weighted by molar-refractivity contribution is 5.93. The van der Waals surface area contributed by atoms with Gasteiger partial charge < -0.3 is 20.7 Å². The third kappa shape index (κ3) is 5.33. The SMILES string of the molecule is O=C(NC1(C(=O)NCc2ccc(Nc3ccc(F)cc3)cc2)CC1)Oc1cncnc1. The number of amides is 2. The van der Waals surface area contributed by atoms with Crippen LogP contribution in [0.4, 0.5) is 20.6 Å². The molecule has 0 unspecified atom stereocenters. The summed E-state index contributed by atoms with van der Waals surface area (Å²) in [5.74, 6) is -0.352. The van der Waals surface area contributed by atoms with Crippen LogP contribution in [0.25, 0.3) is 0 Å². The average molecular weight is 421 g/mol. The van der Waals surface area contributed by atoms with Crippen LogP contribution in [0, 0.1) is 5.82 Å². The van der Waals surface area contributed by atoms with Crippen LogP contribution in [0.2, 0.25) is 0 Å². The third-order valence-electron chi connectivity index (χ3n) is 4.81. The van der Waals surface area contributed by atoms with E-state index in [0.717, 1.165) is 16.9 Å². The maximum atomic E-state index is 13.0. The van der Waals surface area contributed by atoms with Gasteiger partial charge in [0.1, 0.15) is 17.7 Å². The molecule has 0 aliphatic heterocycles. The Morgan fingerprint density at radius 2 is 1.58 bits per heavy atom. The average Bonchev–Trinajstić information content (AvgIpc) is 3.56. The lowest BCUT2D eigenvalue weighted by Crippen LogP contribution is -2.49. The quantitative estimate of drug-likeness (QED) is 0.541. The molecule has 2 aromatic carbocycles. The Morgan fingerprint density at radius 3 is 2.19 bits per heavy atom. The third-order valence-corrected chi connectivity index (χ3v) is 4.81. The maximum Gasteiger partial charge on any atom is 0.413 e. The number of ether oxygens (including phenoxy) is 1. The lowest BCUT2D eigenvalue weighted by Gasteiger charge is -2.17. The molecule has 0 saturated heterocycles. The first-order valence-corrected chi connectivity index (χ1v) is 9.67. The van der Waals surface area contributed by atoms with Gasteiger partial charge in [0.05, 0.1) is 12.4 Å². The Balaban J connectivity index is 1.27. The first-order chi connectivity index (χ1) is 15.0. The Hall–Kier alpha value is -4.01.